The van der Waals surface area contributed by atoms with Gasteiger partial charge in [0.15, 0.2) is 5.78 Å². The molecule has 2 atom stereocenters. The standard InChI is InChI=1S/C10H13BrN2O/c1-3-13-9(8(11)5-12-13)10(14)7-4-6(7)2/h5-7H,3-4H2,1-2H3. The first-order valence-corrected chi connectivity index (χ1v) is 5.70. The van der Waals surface area contributed by atoms with Gasteiger partial charge in [-0.2, -0.15) is 5.10 Å². The zero-order valence-corrected chi connectivity index (χ0v) is 9.91. The van der Waals surface area contributed by atoms with E-state index in [9.17, 15) is 4.79 Å². The van der Waals surface area contributed by atoms with Crippen LogP contribution in [0, 0.1) is 11.8 Å². The Morgan fingerprint density at radius 3 is 2.93 bits per heavy atom. The quantitative estimate of drug-likeness (QED) is 0.780. The number of ketones is 1. The highest BCUT2D eigenvalue weighted by Gasteiger charge is 2.41. The van der Waals surface area contributed by atoms with Crippen LogP contribution in [0.5, 0.6) is 0 Å². The summed E-state index contributed by atoms with van der Waals surface area (Å²) < 4.78 is 2.58. The molecule has 2 unspecified atom stereocenters. The minimum absolute atomic E-state index is 0.230. The van der Waals surface area contributed by atoms with E-state index in [2.05, 4.69) is 28.0 Å². The SMILES string of the molecule is CCn1ncc(Br)c1C(=O)C1CC1C. The Morgan fingerprint density at radius 1 is 1.79 bits per heavy atom. The lowest BCUT2D eigenvalue weighted by Crippen LogP contribution is -2.12. The maximum absolute atomic E-state index is 12.0. The molecule has 1 aliphatic carbocycles. The van der Waals surface area contributed by atoms with E-state index in [-0.39, 0.29) is 11.7 Å². The molecule has 0 saturated heterocycles. The van der Waals surface area contributed by atoms with Crippen LogP contribution in [0.4, 0.5) is 0 Å². The number of halogens is 1. The van der Waals surface area contributed by atoms with Gasteiger partial charge in [-0.25, -0.2) is 0 Å². The van der Waals surface area contributed by atoms with Crippen LogP contribution in [0.3, 0.4) is 0 Å². The second-order valence-corrected chi connectivity index (χ2v) is 4.69. The molecular weight excluding hydrogens is 244 g/mol. The number of rotatable bonds is 3. The predicted molar refractivity (Wildman–Crippen MR) is 57.2 cm³/mol. The first-order valence-electron chi connectivity index (χ1n) is 4.90. The third-order valence-corrected chi connectivity index (χ3v) is 3.35. The number of hydrogen-bond acceptors (Lipinski definition) is 2. The molecule has 1 aromatic heterocycles. The second kappa shape index (κ2) is 3.50. The molecule has 1 aliphatic rings. The highest BCUT2D eigenvalue weighted by molar-refractivity contribution is 9.10. The van der Waals surface area contributed by atoms with E-state index in [1.54, 1.807) is 10.9 Å². The van der Waals surface area contributed by atoms with E-state index >= 15 is 0 Å². The Labute approximate surface area is 91.6 Å². The largest absolute Gasteiger partial charge is 0.292 e. The Balaban J connectivity index is 2.30. The number of aryl methyl sites for hydroxylation is 1. The topological polar surface area (TPSA) is 34.9 Å². The van der Waals surface area contributed by atoms with Gasteiger partial charge < -0.3 is 0 Å². The number of carbonyl (C=O) groups is 1. The molecule has 0 aliphatic heterocycles. The number of nitrogens with zero attached hydrogens (tertiary/aromatic N) is 2. The van der Waals surface area contributed by atoms with Crippen LogP contribution >= 0.6 is 15.9 Å². The van der Waals surface area contributed by atoms with Crippen molar-refractivity contribution >= 4 is 21.7 Å². The number of aromatic nitrogens is 2. The average Bonchev–Trinajstić information content (AvgIpc) is 2.76. The van der Waals surface area contributed by atoms with Gasteiger partial charge in [0.25, 0.3) is 0 Å². The monoisotopic (exact) mass is 256 g/mol. The summed E-state index contributed by atoms with van der Waals surface area (Å²) in [5.74, 6) is 1.02. The minimum atomic E-state index is 0.230. The maximum atomic E-state index is 12.0. The molecule has 0 bridgehead atoms. The molecule has 1 aromatic rings. The van der Waals surface area contributed by atoms with Gasteiger partial charge >= 0.3 is 0 Å². The van der Waals surface area contributed by atoms with Crippen LogP contribution in [-0.4, -0.2) is 15.6 Å². The van der Waals surface area contributed by atoms with Crippen molar-refractivity contribution in [3.05, 3.63) is 16.4 Å². The fraction of sp³-hybridized carbons (Fsp3) is 0.600. The molecule has 0 amide bonds. The summed E-state index contributed by atoms with van der Waals surface area (Å²) in [6, 6.07) is 0. The van der Waals surface area contributed by atoms with Gasteiger partial charge in [-0.05, 0) is 35.2 Å². The summed E-state index contributed by atoms with van der Waals surface area (Å²) in [4.78, 5) is 12.0. The molecular formula is C10H13BrN2O. The van der Waals surface area contributed by atoms with E-state index in [0.29, 0.717) is 5.92 Å². The number of carbonyl (C=O) groups excluding carboxylic acids is 1. The number of Topliss-reactive ketones (excluding diaryl/α,β-unsaturated/α-hetero) is 1. The molecule has 76 valence electrons. The molecule has 0 aromatic carbocycles. The lowest BCUT2D eigenvalue weighted by Gasteiger charge is -2.03. The summed E-state index contributed by atoms with van der Waals surface area (Å²) in [6.07, 6.45) is 2.73. The molecule has 14 heavy (non-hydrogen) atoms. The van der Waals surface area contributed by atoms with Gasteiger partial charge in [0.1, 0.15) is 5.69 Å². The summed E-state index contributed by atoms with van der Waals surface area (Å²) in [6.45, 7) is 4.85. The van der Waals surface area contributed by atoms with Crippen molar-refractivity contribution in [2.45, 2.75) is 26.8 Å². The van der Waals surface area contributed by atoms with Crippen molar-refractivity contribution in [3.8, 4) is 0 Å². The van der Waals surface area contributed by atoms with Gasteiger partial charge in [0, 0.05) is 12.5 Å². The van der Waals surface area contributed by atoms with Crippen molar-refractivity contribution < 1.29 is 4.79 Å². The normalized spacial score (nSPS) is 25.1. The summed E-state index contributed by atoms with van der Waals surface area (Å²) in [7, 11) is 0. The molecule has 1 heterocycles. The summed E-state index contributed by atoms with van der Waals surface area (Å²) >= 11 is 3.37. The smallest absolute Gasteiger partial charge is 0.185 e. The molecule has 3 nitrogen and oxygen atoms in total. The summed E-state index contributed by atoms with van der Waals surface area (Å²) in [5.41, 5.74) is 0.738. The Kier molecular flexibility index (Phi) is 2.47. The highest BCUT2D eigenvalue weighted by atomic mass is 79.9. The maximum Gasteiger partial charge on any atom is 0.185 e. The molecule has 4 heteroatoms. The van der Waals surface area contributed by atoms with E-state index in [0.717, 1.165) is 23.1 Å². The van der Waals surface area contributed by atoms with Crippen molar-refractivity contribution in [1.82, 2.24) is 9.78 Å². The number of hydrogen-bond donors (Lipinski definition) is 0. The third-order valence-electron chi connectivity index (χ3n) is 2.77. The Hall–Kier alpha value is -0.640. The predicted octanol–water partition coefficient (Wildman–Crippen LogP) is 2.50. The first kappa shape index (κ1) is 9.90. The zero-order chi connectivity index (χ0) is 10.3. The van der Waals surface area contributed by atoms with Crippen LogP contribution in [-0.2, 0) is 6.54 Å². The molecule has 0 radical (unpaired) electrons. The molecule has 1 fully saturated rings. The molecule has 0 spiro atoms. The minimum Gasteiger partial charge on any atom is -0.292 e. The van der Waals surface area contributed by atoms with Crippen LogP contribution < -0.4 is 0 Å². The third kappa shape index (κ3) is 1.52. The van der Waals surface area contributed by atoms with Crippen molar-refractivity contribution in [2.24, 2.45) is 11.8 Å². The van der Waals surface area contributed by atoms with E-state index < -0.39 is 0 Å². The van der Waals surface area contributed by atoms with Gasteiger partial charge in [0.05, 0.1) is 10.7 Å². The van der Waals surface area contributed by atoms with Crippen LogP contribution in [0.15, 0.2) is 10.7 Å². The highest BCUT2D eigenvalue weighted by Crippen LogP contribution is 2.41. The van der Waals surface area contributed by atoms with Gasteiger partial charge in [0.2, 0.25) is 0 Å². The van der Waals surface area contributed by atoms with Crippen LogP contribution in [0.2, 0.25) is 0 Å². The lowest BCUT2D eigenvalue weighted by molar-refractivity contribution is 0.0951. The zero-order valence-electron chi connectivity index (χ0n) is 8.33. The van der Waals surface area contributed by atoms with E-state index in [1.807, 2.05) is 6.92 Å². The summed E-state index contributed by atoms with van der Waals surface area (Å²) in [5, 5.41) is 4.14. The fourth-order valence-electron chi connectivity index (χ4n) is 1.71. The van der Waals surface area contributed by atoms with Gasteiger partial charge in [-0.3, -0.25) is 9.48 Å². The second-order valence-electron chi connectivity index (χ2n) is 3.84. The van der Waals surface area contributed by atoms with Crippen molar-refractivity contribution in [3.63, 3.8) is 0 Å². The first-order chi connectivity index (χ1) is 6.65. The molecule has 2 rings (SSSR count). The van der Waals surface area contributed by atoms with Crippen molar-refractivity contribution in [1.29, 1.82) is 0 Å². The lowest BCUT2D eigenvalue weighted by atomic mass is 10.1. The van der Waals surface area contributed by atoms with Gasteiger partial charge in [-0.15, -0.1) is 0 Å². The van der Waals surface area contributed by atoms with Crippen molar-refractivity contribution in [2.75, 3.05) is 0 Å². The van der Waals surface area contributed by atoms with Crippen LogP contribution in [0.1, 0.15) is 30.8 Å². The Morgan fingerprint density at radius 2 is 2.43 bits per heavy atom. The van der Waals surface area contributed by atoms with E-state index in [1.165, 1.54) is 0 Å². The fourth-order valence-corrected chi connectivity index (χ4v) is 2.20. The van der Waals surface area contributed by atoms with Crippen LogP contribution in [0.25, 0.3) is 0 Å². The Bertz CT molecular complexity index is 372. The van der Waals surface area contributed by atoms with E-state index in [4.69, 9.17) is 0 Å². The average molecular weight is 257 g/mol. The molecule has 1 saturated carbocycles. The van der Waals surface area contributed by atoms with Gasteiger partial charge in [-0.1, -0.05) is 6.92 Å². The molecule has 0 N–H and O–H groups in total.